The normalized spacial score (nSPS) is 7.71. The molecule has 0 saturated heterocycles. The van der Waals surface area contributed by atoms with Crippen molar-refractivity contribution in [1.82, 2.24) is 0 Å². The summed E-state index contributed by atoms with van der Waals surface area (Å²) in [5, 5.41) is 16.2. The van der Waals surface area contributed by atoms with Gasteiger partial charge in [-0.15, -0.1) is 0 Å². The van der Waals surface area contributed by atoms with Gasteiger partial charge in [0, 0.05) is 37.1 Å². The second-order valence-electron chi connectivity index (χ2n) is 1.15. The quantitative estimate of drug-likeness (QED) is 0.479. The maximum atomic E-state index is 8.09. The van der Waals surface area contributed by atoms with E-state index in [4.69, 9.17) is 10.2 Å². The molecule has 0 atom stereocenters. The van der Waals surface area contributed by atoms with Gasteiger partial charge in [-0.3, -0.25) is 0 Å². The predicted octanol–water partition coefficient (Wildman–Crippen LogP) is -0.630. The third-order valence-electron chi connectivity index (χ3n) is 0.566. The van der Waals surface area contributed by atoms with Gasteiger partial charge in [0.2, 0.25) is 0 Å². The minimum Gasteiger partial charge on any atom is -0.396 e. The van der Waals surface area contributed by atoms with Crippen LogP contribution in [0.25, 0.3) is 0 Å². The zero-order valence-electron chi connectivity index (χ0n) is 4.22. The summed E-state index contributed by atoms with van der Waals surface area (Å²) in [6, 6.07) is 0. The van der Waals surface area contributed by atoms with Gasteiger partial charge in [-0.1, -0.05) is 0 Å². The smallest absolute Gasteiger partial charge is 0.0431 e. The maximum absolute atomic E-state index is 8.09. The van der Waals surface area contributed by atoms with Crippen molar-refractivity contribution in [2.24, 2.45) is 0 Å². The van der Waals surface area contributed by atoms with Crippen LogP contribution in [0.1, 0.15) is 12.8 Å². The number of aliphatic hydroxyl groups is 2. The molecule has 0 unspecified atom stereocenters. The minimum atomic E-state index is 0. The van der Waals surface area contributed by atoms with E-state index < -0.39 is 0 Å². The number of unbranched alkanes of at least 4 members (excludes halogenated alkanes) is 1. The average Bonchev–Trinajstić information content (AvgIpc) is 1.61. The van der Waals surface area contributed by atoms with Gasteiger partial charge in [0.15, 0.2) is 0 Å². The Kier molecular flexibility index (Phi) is 15.0. The van der Waals surface area contributed by atoms with Crippen molar-refractivity contribution < 1.29 is 10.2 Å². The van der Waals surface area contributed by atoms with Crippen LogP contribution < -0.4 is 0 Å². The summed E-state index contributed by atoms with van der Waals surface area (Å²) in [6.45, 7) is 0.390. The van der Waals surface area contributed by atoms with Crippen molar-refractivity contribution in [3.8, 4) is 0 Å². The Morgan fingerprint density at radius 2 is 1.14 bits per heavy atom. The molecule has 0 aliphatic rings. The van der Waals surface area contributed by atoms with E-state index in [1.807, 2.05) is 0 Å². The molecule has 0 spiro atoms. The Bertz CT molecular complexity index is 21.7. The second-order valence-corrected chi connectivity index (χ2v) is 1.15. The molecule has 3 heteroatoms. The van der Waals surface area contributed by atoms with Gasteiger partial charge in [-0.25, -0.2) is 0 Å². The molecule has 4 radical (unpaired) electrons. The van der Waals surface area contributed by atoms with Crippen LogP contribution in [-0.2, 0) is 0 Å². The molecule has 42 valence electrons. The predicted molar refractivity (Wildman–Crippen MR) is 29.2 cm³/mol. The van der Waals surface area contributed by atoms with Crippen molar-refractivity contribution in [2.75, 3.05) is 13.2 Å². The third kappa shape index (κ3) is 10.8. The van der Waals surface area contributed by atoms with E-state index in [0.717, 1.165) is 12.8 Å². The molecule has 0 aliphatic carbocycles. The number of hydrogen-bond donors (Lipinski definition) is 2. The van der Waals surface area contributed by atoms with Crippen molar-refractivity contribution in [1.29, 1.82) is 0 Å². The average molecular weight is 209 g/mol. The molecule has 0 saturated carbocycles. The Labute approximate surface area is 60.5 Å². The van der Waals surface area contributed by atoms with Gasteiger partial charge in [-0.05, 0) is 12.8 Å². The summed E-state index contributed by atoms with van der Waals surface area (Å²) < 4.78 is 0. The van der Waals surface area contributed by atoms with Crippen molar-refractivity contribution in [2.45, 2.75) is 12.8 Å². The molecule has 0 aliphatic heterocycles. The molecule has 0 aromatic rings. The maximum Gasteiger partial charge on any atom is 0.0431 e. The third-order valence-corrected chi connectivity index (χ3v) is 0.566. The fourth-order valence-electron chi connectivity index (χ4n) is 0.224. The minimum absolute atomic E-state index is 0. The molecule has 0 aromatic carbocycles. The van der Waals surface area contributed by atoms with Gasteiger partial charge in [0.25, 0.3) is 0 Å². The molecule has 0 amide bonds. The van der Waals surface area contributed by atoms with Crippen LogP contribution in [0.2, 0.25) is 0 Å². The largest absolute Gasteiger partial charge is 0.396 e. The first-order valence-electron chi connectivity index (χ1n) is 2.13. The van der Waals surface area contributed by atoms with Crippen LogP contribution in [0.4, 0.5) is 0 Å². The van der Waals surface area contributed by atoms with Gasteiger partial charge in [-0.2, -0.15) is 0 Å². The molecular weight excluding hydrogens is 199 g/mol. The summed E-state index contributed by atoms with van der Waals surface area (Å²) in [5.41, 5.74) is 0. The van der Waals surface area contributed by atoms with E-state index in [0.29, 0.717) is 0 Å². The van der Waals surface area contributed by atoms with Crippen LogP contribution in [0.15, 0.2) is 0 Å². The molecule has 0 rings (SSSR count). The monoisotopic (exact) mass is 210 g/mol. The van der Waals surface area contributed by atoms with Crippen molar-refractivity contribution in [3.63, 3.8) is 0 Å². The van der Waals surface area contributed by atoms with Crippen LogP contribution in [0, 0.1) is 0 Å². The standard InChI is InChI=1S/C4H10O2.Sn/c5-3-1-2-4-6;/h5-6H,1-4H2;. The zero-order valence-corrected chi connectivity index (χ0v) is 7.08. The van der Waals surface area contributed by atoms with Gasteiger partial charge < -0.3 is 10.2 Å². The molecule has 0 aromatic heterocycles. The molecule has 2 nitrogen and oxygen atoms in total. The molecule has 0 heterocycles. The Balaban J connectivity index is 0. The molecule has 0 fully saturated rings. The zero-order chi connectivity index (χ0) is 4.83. The Hall–Kier alpha value is 0.719. The summed E-state index contributed by atoms with van der Waals surface area (Å²) in [6.07, 6.45) is 1.44. The van der Waals surface area contributed by atoms with E-state index in [1.165, 1.54) is 0 Å². The Morgan fingerprint density at radius 3 is 1.29 bits per heavy atom. The fourth-order valence-corrected chi connectivity index (χ4v) is 0.224. The van der Waals surface area contributed by atoms with E-state index >= 15 is 0 Å². The Morgan fingerprint density at radius 1 is 0.857 bits per heavy atom. The van der Waals surface area contributed by atoms with Gasteiger partial charge in [0.1, 0.15) is 0 Å². The number of rotatable bonds is 3. The SMILES string of the molecule is OCCCCO.[Sn]. The molecule has 0 bridgehead atoms. The second kappa shape index (κ2) is 9.87. The first kappa shape index (κ1) is 10.7. The van der Waals surface area contributed by atoms with Crippen molar-refractivity contribution in [3.05, 3.63) is 0 Å². The van der Waals surface area contributed by atoms with Crippen LogP contribution in [0.3, 0.4) is 0 Å². The first-order chi connectivity index (χ1) is 2.91. The molecule has 2 N–H and O–H groups in total. The summed E-state index contributed by atoms with van der Waals surface area (Å²) in [7, 11) is 0. The summed E-state index contributed by atoms with van der Waals surface area (Å²) in [5.74, 6) is 0. The van der Waals surface area contributed by atoms with E-state index in [9.17, 15) is 0 Å². The van der Waals surface area contributed by atoms with E-state index in [-0.39, 0.29) is 37.1 Å². The summed E-state index contributed by atoms with van der Waals surface area (Å²) in [4.78, 5) is 0. The van der Waals surface area contributed by atoms with Crippen molar-refractivity contribution >= 4 is 23.9 Å². The fraction of sp³-hybridized carbons (Fsp3) is 1.00. The van der Waals surface area contributed by atoms with E-state index in [1.54, 1.807) is 0 Å². The number of aliphatic hydroxyl groups excluding tert-OH is 2. The van der Waals surface area contributed by atoms with Crippen LogP contribution >= 0.6 is 0 Å². The molecular formula is C4H10O2Sn. The molecule has 7 heavy (non-hydrogen) atoms. The van der Waals surface area contributed by atoms with Gasteiger partial charge >= 0.3 is 0 Å². The van der Waals surface area contributed by atoms with Gasteiger partial charge in [0.05, 0.1) is 0 Å². The first-order valence-corrected chi connectivity index (χ1v) is 2.13. The number of hydrogen-bond acceptors (Lipinski definition) is 2. The topological polar surface area (TPSA) is 40.5 Å². The summed E-state index contributed by atoms with van der Waals surface area (Å²) >= 11 is 0. The van der Waals surface area contributed by atoms with E-state index in [2.05, 4.69) is 0 Å². The van der Waals surface area contributed by atoms with Crippen LogP contribution in [-0.4, -0.2) is 47.3 Å². The van der Waals surface area contributed by atoms with Crippen LogP contribution in [0.5, 0.6) is 0 Å².